The summed E-state index contributed by atoms with van der Waals surface area (Å²) in [4.78, 5) is 15.3. The Bertz CT molecular complexity index is 1570. The molecule has 0 bridgehead atoms. The van der Waals surface area contributed by atoms with Gasteiger partial charge in [-0.2, -0.15) is 4.98 Å². The number of nitrogens with one attached hydrogen (secondary N) is 3. The van der Waals surface area contributed by atoms with E-state index in [4.69, 9.17) is 21.6 Å². The molecule has 3 N–H and O–H groups in total. The van der Waals surface area contributed by atoms with Gasteiger partial charge in [-0.05, 0) is 79.6 Å². The van der Waals surface area contributed by atoms with E-state index in [1.165, 1.54) is 35.0 Å². The van der Waals surface area contributed by atoms with E-state index in [1.54, 1.807) is 0 Å². The Morgan fingerprint density at radius 3 is 2.36 bits per heavy atom. The molecule has 0 unspecified atom stereocenters. The molecule has 0 amide bonds. The third kappa shape index (κ3) is 5.58. The molecule has 0 radical (unpaired) electrons. The summed E-state index contributed by atoms with van der Waals surface area (Å²) in [6.45, 7) is 1.85. The molecule has 6 nitrogen and oxygen atoms in total. The number of hydrogen-bond donors (Lipinski definition) is 3. The Hall–Kier alpha value is -3.61. The monoisotopic (exact) mass is 538 g/mol. The molecule has 1 saturated carbocycles. The minimum atomic E-state index is 0.405. The second-order valence-corrected chi connectivity index (χ2v) is 11.2. The third-order valence-electron chi connectivity index (χ3n) is 7.87. The van der Waals surface area contributed by atoms with E-state index in [9.17, 15) is 0 Å². The smallest absolute Gasteiger partial charge is 0.225 e. The molecular formula is C32H35ClN6. The highest BCUT2D eigenvalue weighted by Crippen LogP contribution is 2.32. The van der Waals surface area contributed by atoms with Gasteiger partial charge >= 0.3 is 0 Å². The Morgan fingerprint density at radius 1 is 0.872 bits per heavy atom. The lowest BCUT2D eigenvalue weighted by Gasteiger charge is -2.29. The van der Waals surface area contributed by atoms with Crippen LogP contribution in [0.15, 0.2) is 72.8 Å². The average molecular weight is 539 g/mol. The maximum absolute atomic E-state index is 6.15. The van der Waals surface area contributed by atoms with Crippen molar-refractivity contribution in [3.63, 3.8) is 0 Å². The molecule has 0 saturated heterocycles. The zero-order chi connectivity index (χ0) is 26.8. The van der Waals surface area contributed by atoms with Gasteiger partial charge in [0, 0.05) is 48.0 Å². The number of para-hydroxylation sites is 2. The summed E-state index contributed by atoms with van der Waals surface area (Å²) < 4.78 is 0. The number of H-pyrrole nitrogens is 1. The van der Waals surface area contributed by atoms with Crippen LogP contribution in [0.4, 0.5) is 11.8 Å². The third-order valence-corrected chi connectivity index (χ3v) is 8.12. The number of rotatable bonds is 8. The number of halogens is 1. The van der Waals surface area contributed by atoms with Crippen LogP contribution in [-0.4, -0.2) is 41.6 Å². The highest BCUT2D eigenvalue weighted by molar-refractivity contribution is 6.30. The van der Waals surface area contributed by atoms with E-state index >= 15 is 0 Å². The summed E-state index contributed by atoms with van der Waals surface area (Å²) in [6.07, 6.45) is 4.64. The largest absolute Gasteiger partial charge is 0.362 e. The van der Waals surface area contributed by atoms with Gasteiger partial charge in [0.25, 0.3) is 0 Å². The number of fused-ring (bicyclic) bond motifs is 2. The Kier molecular flexibility index (Phi) is 7.40. The standard InChI is InChI=1S/C32H35ClN6/c1-39(2)31-26-8-4-6-10-29(26)37-32(38-31)35-24-17-11-21(12-18-24)19-34-20-27-25-7-3-5-9-28(25)36-30(27)22-13-15-23(33)16-14-22/h3-10,13-16,21,24,34,36H,11-12,17-20H2,1-2H3,(H,35,37,38)/t21-,24+. The van der Waals surface area contributed by atoms with Crippen LogP contribution in [0.5, 0.6) is 0 Å². The molecule has 2 heterocycles. The van der Waals surface area contributed by atoms with Crippen LogP contribution >= 0.6 is 11.6 Å². The second kappa shape index (κ2) is 11.2. The highest BCUT2D eigenvalue weighted by atomic mass is 35.5. The van der Waals surface area contributed by atoms with E-state index in [-0.39, 0.29) is 0 Å². The van der Waals surface area contributed by atoms with Gasteiger partial charge in [-0.3, -0.25) is 0 Å². The van der Waals surface area contributed by atoms with Crippen LogP contribution in [0.2, 0.25) is 5.02 Å². The van der Waals surface area contributed by atoms with Crippen LogP contribution in [-0.2, 0) is 6.54 Å². The lowest BCUT2D eigenvalue weighted by Crippen LogP contribution is -2.31. The first-order valence-corrected chi connectivity index (χ1v) is 14.2. The summed E-state index contributed by atoms with van der Waals surface area (Å²) in [5.74, 6) is 2.35. The van der Waals surface area contributed by atoms with Gasteiger partial charge in [-0.1, -0.05) is 54.1 Å². The van der Waals surface area contributed by atoms with Crippen molar-refractivity contribution in [3.05, 3.63) is 83.4 Å². The minimum absolute atomic E-state index is 0.405. The zero-order valence-electron chi connectivity index (χ0n) is 22.5. The number of aromatic amines is 1. The van der Waals surface area contributed by atoms with Crippen molar-refractivity contribution in [2.45, 2.75) is 38.3 Å². The maximum atomic E-state index is 6.15. The van der Waals surface area contributed by atoms with Gasteiger partial charge in [-0.15, -0.1) is 0 Å². The first kappa shape index (κ1) is 25.7. The molecule has 0 atom stereocenters. The van der Waals surface area contributed by atoms with Gasteiger partial charge in [0.15, 0.2) is 0 Å². The number of aromatic nitrogens is 3. The number of anilines is 2. The van der Waals surface area contributed by atoms with Crippen molar-refractivity contribution in [1.82, 2.24) is 20.3 Å². The zero-order valence-corrected chi connectivity index (χ0v) is 23.3. The normalized spacial score (nSPS) is 17.5. The van der Waals surface area contributed by atoms with Crippen LogP contribution in [0.25, 0.3) is 33.1 Å². The van der Waals surface area contributed by atoms with Crippen LogP contribution in [0.1, 0.15) is 31.2 Å². The van der Waals surface area contributed by atoms with Crippen molar-refractivity contribution < 1.29 is 0 Å². The summed E-state index contributed by atoms with van der Waals surface area (Å²) >= 11 is 6.15. The predicted molar refractivity (Wildman–Crippen MR) is 164 cm³/mol. The minimum Gasteiger partial charge on any atom is -0.362 e. The van der Waals surface area contributed by atoms with Gasteiger partial charge in [0.2, 0.25) is 5.95 Å². The van der Waals surface area contributed by atoms with Crippen molar-refractivity contribution in [1.29, 1.82) is 0 Å². The van der Waals surface area contributed by atoms with E-state index in [0.29, 0.717) is 12.0 Å². The molecule has 0 aliphatic heterocycles. The molecule has 200 valence electrons. The summed E-state index contributed by atoms with van der Waals surface area (Å²) in [5, 5.41) is 10.5. The van der Waals surface area contributed by atoms with Crippen molar-refractivity contribution in [2.75, 3.05) is 30.9 Å². The number of benzene rings is 3. The molecule has 1 aliphatic carbocycles. The predicted octanol–water partition coefficient (Wildman–Crippen LogP) is 7.26. The first-order chi connectivity index (χ1) is 19.0. The Morgan fingerprint density at radius 2 is 1.59 bits per heavy atom. The SMILES string of the molecule is CN(C)c1nc(N[C@H]2CC[C@@H](CNCc3c(-c4ccc(Cl)cc4)[nH]c4ccccc34)CC2)nc2ccccc12. The molecule has 0 spiro atoms. The fraction of sp³-hybridized carbons (Fsp3) is 0.312. The lowest BCUT2D eigenvalue weighted by atomic mass is 9.86. The topological polar surface area (TPSA) is 68.9 Å². The van der Waals surface area contributed by atoms with Crippen molar-refractivity contribution >= 4 is 45.2 Å². The molecule has 1 fully saturated rings. The highest BCUT2D eigenvalue weighted by Gasteiger charge is 2.22. The first-order valence-electron chi connectivity index (χ1n) is 13.8. The van der Waals surface area contributed by atoms with Crippen LogP contribution < -0.4 is 15.5 Å². The number of hydrogen-bond acceptors (Lipinski definition) is 5. The maximum Gasteiger partial charge on any atom is 0.225 e. The Balaban J connectivity index is 1.07. The van der Waals surface area contributed by atoms with Crippen LogP contribution in [0.3, 0.4) is 0 Å². The quantitative estimate of drug-likeness (QED) is 0.194. The molecule has 7 heteroatoms. The molecule has 1 aliphatic rings. The molecular weight excluding hydrogens is 504 g/mol. The average Bonchev–Trinajstić information content (AvgIpc) is 3.32. The lowest BCUT2D eigenvalue weighted by molar-refractivity contribution is 0.324. The molecule has 3 aromatic carbocycles. The molecule has 6 rings (SSSR count). The van der Waals surface area contributed by atoms with Gasteiger partial charge in [0.1, 0.15) is 5.82 Å². The summed E-state index contributed by atoms with van der Waals surface area (Å²) in [5.41, 5.74) is 5.78. The van der Waals surface area contributed by atoms with Crippen molar-refractivity contribution in [2.24, 2.45) is 5.92 Å². The van der Waals surface area contributed by atoms with E-state index in [0.717, 1.165) is 59.2 Å². The van der Waals surface area contributed by atoms with Crippen molar-refractivity contribution in [3.8, 4) is 11.3 Å². The molecule has 2 aromatic heterocycles. The summed E-state index contributed by atoms with van der Waals surface area (Å²) in [6, 6.07) is 25.3. The molecule has 5 aromatic rings. The van der Waals surface area contributed by atoms with E-state index < -0.39 is 0 Å². The molecule has 39 heavy (non-hydrogen) atoms. The Labute approximate surface area is 234 Å². The fourth-order valence-corrected chi connectivity index (χ4v) is 5.93. The van der Waals surface area contributed by atoms with Crippen LogP contribution in [0, 0.1) is 5.92 Å². The van der Waals surface area contributed by atoms with Gasteiger partial charge in [0.05, 0.1) is 11.2 Å². The van der Waals surface area contributed by atoms with Gasteiger partial charge < -0.3 is 20.5 Å². The van der Waals surface area contributed by atoms with E-state index in [1.807, 2.05) is 38.4 Å². The summed E-state index contributed by atoms with van der Waals surface area (Å²) in [7, 11) is 4.07. The second-order valence-electron chi connectivity index (χ2n) is 10.8. The number of nitrogens with zero attached hydrogens (tertiary/aromatic N) is 3. The van der Waals surface area contributed by atoms with E-state index in [2.05, 4.69) is 69.0 Å². The van der Waals surface area contributed by atoms with Gasteiger partial charge in [-0.25, -0.2) is 4.98 Å². The fourth-order valence-electron chi connectivity index (χ4n) is 5.81.